The van der Waals surface area contributed by atoms with E-state index in [1.165, 1.54) is 13.3 Å². The molecule has 3 aliphatic rings. The first-order chi connectivity index (χ1) is 13.0. The van der Waals surface area contributed by atoms with E-state index < -0.39 is 17.7 Å². The first kappa shape index (κ1) is 22.4. The van der Waals surface area contributed by atoms with Gasteiger partial charge in [0.25, 0.3) is 0 Å². The normalized spacial score (nSPS) is 43.5. The zero-order chi connectivity index (χ0) is 20.9. The third-order valence-electron chi connectivity index (χ3n) is 8.77. The molecule has 3 aliphatic carbocycles. The molecule has 3 saturated carbocycles. The van der Waals surface area contributed by atoms with E-state index in [-0.39, 0.29) is 18.8 Å². The van der Waals surface area contributed by atoms with Crippen molar-refractivity contribution in [3.8, 4) is 0 Å². The van der Waals surface area contributed by atoms with Gasteiger partial charge < -0.3 is 9.47 Å². The summed E-state index contributed by atoms with van der Waals surface area (Å²) >= 11 is 0. The summed E-state index contributed by atoms with van der Waals surface area (Å²) in [6, 6.07) is 0. The van der Waals surface area contributed by atoms with Crippen molar-refractivity contribution < 1.29 is 22.6 Å². The molecular weight excluding hydrogens is 365 g/mol. The summed E-state index contributed by atoms with van der Waals surface area (Å²) in [7, 11) is 0. The molecule has 164 valence electrons. The van der Waals surface area contributed by atoms with Crippen molar-refractivity contribution in [2.45, 2.75) is 91.5 Å². The predicted octanol–water partition coefficient (Wildman–Crippen LogP) is 6.69. The largest absolute Gasteiger partial charge is 0.417 e. The summed E-state index contributed by atoms with van der Waals surface area (Å²) in [6.07, 6.45) is 0.330. The van der Waals surface area contributed by atoms with Crippen molar-refractivity contribution >= 4 is 0 Å². The van der Waals surface area contributed by atoms with E-state index in [1.807, 2.05) is 0 Å². The van der Waals surface area contributed by atoms with Crippen LogP contribution in [0, 0.1) is 47.3 Å². The summed E-state index contributed by atoms with van der Waals surface area (Å²) in [6.45, 7) is 11.9. The molecule has 0 aliphatic heterocycles. The molecule has 0 radical (unpaired) electrons. The monoisotopic (exact) mass is 404 g/mol. The number of hydrogen-bond acceptors (Lipinski definition) is 2. The highest BCUT2D eigenvalue weighted by atomic mass is 19.4. The molecule has 0 aromatic heterocycles. The number of hydrogen-bond donors (Lipinski definition) is 0. The van der Waals surface area contributed by atoms with Gasteiger partial charge in [-0.2, -0.15) is 13.2 Å². The quantitative estimate of drug-likeness (QED) is 0.459. The lowest BCUT2D eigenvalue weighted by Crippen LogP contribution is -2.54. The number of alkyl halides is 3. The summed E-state index contributed by atoms with van der Waals surface area (Å²) < 4.78 is 54.1. The van der Waals surface area contributed by atoms with Crippen molar-refractivity contribution in [2.75, 3.05) is 6.79 Å². The van der Waals surface area contributed by atoms with Crippen molar-refractivity contribution in [2.24, 2.45) is 47.3 Å². The van der Waals surface area contributed by atoms with Crippen molar-refractivity contribution in [1.29, 1.82) is 0 Å². The van der Waals surface area contributed by atoms with E-state index in [2.05, 4.69) is 34.6 Å². The standard InChI is InChI=1S/C23H39F3O2/c1-13(2)18-8-7-14(3)9-21(18)27-12-28-22(6,23(24,25)26)20-11-17-10-19(20)16(5)15(17)4/h13-21H,7-12H2,1-6H3. The maximum atomic E-state index is 14.2. The molecule has 3 fully saturated rings. The molecule has 0 spiro atoms. The zero-order valence-electron chi connectivity index (χ0n) is 18.4. The Bertz CT molecular complexity index is 532. The van der Waals surface area contributed by atoms with Crippen LogP contribution in [-0.2, 0) is 9.47 Å². The highest BCUT2D eigenvalue weighted by Gasteiger charge is 2.64. The van der Waals surface area contributed by atoms with Crippen LogP contribution in [0.3, 0.4) is 0 Å². The highest BCUT2D eigenvalue weighted by molar-refractivity contribution is 5.06. The maximum Gasteiger partial charge on any atom is 0.417 e. The van der Waals surface area contributed by atoms with Gasteiger partial charge in [-0.15, -0.1) is 0 Å². The van der Waals surface area contributed by atoms with Crippen LogP contribution in [0.1, 0.15) is 73.6 Å². The van der Waals surface area contributed by atoms with Gasteiger partial charge in [-0.1, -0.05) is 41.0 Å². The van der Waals surface area contributed by atoms with E-state index >= 15 is 0 Å². The van der Waals surface area contributed by atoms with Crippen molar-refractivity contribution in [3.63, 3.8) is 0 Å². The molecule has 0 aromatic rings. The molecule has 3 rings (SSSR count). The maximum absolute atomic E-state index is 14.2. The minimum absolute atomic E-state index is 0.000193. The number of halogens is 3. The third-order valence-corrected chi connectivity index (χ3v) is 8.77. The van der Waals surface area contributed by atoms with Crippen LogP contribution in [0.4, 0.5) is 13.2 Å². The molecule has 0 N–H and O–H groups in total. The van der Waals surface area contributed by atoms with Gasteiger partial charge in [0.15, 0.2) is 5.60 Å². The first-order valence-corrected chi connectivity index (χ1v) is 11.3. The lowest BCUT2D eigenvalue weighted by molar-refractivity contribution is -0.321. The fourth-order valence-corrected chi connectivity index (χ4v) is 6.52. The Balaban J connectivity index is 1.67. The van der Waals surface area contributed by atoms with Crippen LogP contribution in [0.15, 0.2) is 0 Å². The molecule has 9 atom stereocenters. The Morgan fingerprint density at radius 1 is 0.964 bits per heavy atom. The van der Waals surface area contributed by atoms with E-state index in [1.54, 1.807) is 0 Å². The van der Waals surface area contributed by atoms with Gasteiger partial charge in [-0.05, 0) is 74.0 Å². The van der Waals surface area contributed by atoms with Gasteiger partial charge in [0.2, 0.25) is 0 Å². The van der Waals surface area contributed by atoms with E-state index in [4.69, 9.17) is 9.47 Å². The molecule has 9 unspecified atom stereocenters. The van der Waals surface area contributed by atoms with Crippen LogP contribution < -0.4 is 0 Å². The SMILES string of the molecule is CC1CCC(C(C)C)C(OCOC(C)(C2CC3CC2C(C)C3C)C(F)(F)F)C1. The van der Waals surface area contributed by atoms with E-state index in [0.29, 0.717) is 41.9 Å². The van der Waals surface area contributed by atoms with Gasteiger partial charge in [-0.3, -0.25) is 0 Å². The summed E-state index contributed by atoms with van der Waals surface area (Å²) in [5.41, 5.74) is -2.12. The summed E-state index contributed by atoms with van der Waals surface area (Å²) in [5.74, 6) is 2.33. The van der Waals surface area contributed by atoms with Crippen LogP contribution in [0.2, 0.25) is 0 Å². The Labute approximate surface area is 168 Å². The summed E-state index contributed by atoms with van der Waals surface area (Å²) in [5, 5.41) is 0. The molecule has 28 heavy (non-hydrogen) atoms. The molecule has 0 amide bonds. The van der Waals surface area contributed by atoms with Crippen LogP contribution in [-0.4, -0.2) is 24.7 Å². The molecule has 0 heterocycles. The molecule has 0 saturated heterocycles. The van der Waals surface area contributed by atoms with Gasteiger partial charge in [0.1, 0.15) is 6.79 Å². The lowest BCUT2D eigenvalue weighted by atomic mass is 9.69. The first-order valence-electron chi connectivity index (χ1n) is 11.3. The number of fused-ring (bicyclic) bond motifs is 2. The second-order valence-electron chi connectivity index (χ2n) is 10.6. The highest BCUT2D eigenvalue weighted by Crippen LogP contribution is 2.60. The predicted molar refractivity (Wildman–Crippen MR) is 105 cm³/mol. The fourth-order valence-electron chi connectivity index (χ4n) is 6.52. The fraction of sp³-hybridized carbons (Fsp3) is 1.00. The topological polar surface area (TPSA) is 18.5 Å². The Morgan fingerprint density at radius 3 is 2.18 bits per heavy atom. The van der Waals surface area contributed by atoms with Crippen molar-refractivity contribution in [3.05, 3.63) is 0 Å². The van der Waals surface area contributed by atoms with Gasteiger partial charge >= 0.3 is 6.18 Å². The second kappa shape index (κ2) is 8.09. The van der Waals surface area contributed by atoms with Crippen LogP contribution in [0.5, 0.6) is 0 Å². The lowest BCUT2D eigenvalue weighted by Gasteiger charge is -2.44. The Hall–Kier alpha value is -0.290. The molecule has 0 aromatic carbocycles. The number of ether oxygens (including phenoxy) is 2. The molecule has 2 nitrogen and oxygen atoms in total. The second-order valence-corrected chi connectivity index (χ2v) is 10.6. The Morgan fingerprint density at radius 2 is 1.64 bits per heavy atom. The van der Waals surface area contributed by atoms with Gasteiger partial charge in [0.05, 0.1) is 6.10 Å². The minimum atomic E-state index is -4.38. The summed E-state index contributed by atoms with van der Waals surface area (Å²) in [4.78, 5) is 0. The average Bonchev–Trinajstić information content (AvgIpc) is 3.14. The van der Waals surface area contributed by atoms with Gasteiger partial charge in [-0.25, -0.2) is 0 Å². The third kappa shape index (κ3) is 3.99. The van der Waals surface area contributed by atoms with Gasteiger partial charge in [0, 0.05) is 5.92 Å². The van der Waals surface area contributed by atoms with Crippen LogP contribution >= 0.6 is 0 Å². The van der Waals surface area contributed by atoms with Crippen molar-refractivity contribution in [1.82, 2.24) is 0 Å². The smallest absolute Gasteiger partial charge is 0.352 e. The zero-order valence-corrected chi connectivity index (χ0v) is 18.4. The van der Waals surface area contributed by atoms with E-state index in [0.717, 1.165) is 19.3 Å². The average molecular weight is 405 g/mol. The Kier molecular flexibility index (Phi) is 6.47. The minimum Gasteiger partial charge on any atom is -0.352 e. The van der Waals surface area contributed by atoms with Crippen LogP contribution in [0.25, 0.3) is 0 Å². The molecule has 5 heteroatoms. The van der Waals surface area contributed by atoms with E-state index in [9.17, 15) is 13.2 Å². The molecular formula is C23H39F3O2. The number of rotatable bonds is 6. The molecule has 2 bridgehead atoms.